The van der Waals surface area contributed by atoms with Crippen molar-refractivity contribution in [3.63, 3.8) is 0 Å². The average molecular weight is 367 g/mol. The lowest BCUT2D eigenvalue weighted by Gasteiger charge is -2.34. The lowest BCUT2D eigenvalue weighted by Crippen LogP contribution is -2.48. The van der Waals surface area contributed by atoms with Gasteiger partial charge < -0.3 is 4.90 Å². The molecule has 0 radical (unpaired) electrons. The third-order valence-electron chi connectivity index (χ3n) is 4.29. The molecule has 0 atom stereocenters. The largest absolute Gasteiger partial charge is 0.335 e. The Balaban J connectivity index is 1.58. The third kappa shape index (κ3) is 3.74. The van der Waals surface area contributed by atoms with Gasteiger partial charge in [0.15, 0.2) is 0 Å². The van der Waals surface area contributed by atoms with Gasteiger partial charge in [0.25, 0.3) is 5.91 Å². The Hall–Kier alpha value is -1.56. The molecular weight excluding hydrogens is 347 g/mol. The highest BCUT2D eigenvalue weighted by atomic mass is 35.5. The molecule has 24 heavy (non-hydrogen) atoms. The molecule has 0 N–H and O–H groups in total. The number of piperazine rings is 1. The van der Waals surface area contributed by atoms with Crippen LogP contribution < -0.4 is 0 Å². The molecule has 1 aliphatic heterocycles. The minimum absolute atomic E-state index is 0.00220. The number of hydrogen-bond acceptors (Lipinski definition) is 3. The average Bonchev–Trinajstić information content (AvgIpc) is 3.07. The number of amides is 1. The predicted octanol–water partition coefficient (Wildman–Crippen LogP) is 3.17. The van der Waals surface area contributed by atoms with E-state index in [0.29, 0.717) is 35.4 Å². The first-order valence-electron chi connectivity index (χ1n) is 8.06. The van der Waals surface area contributed by atoms with Gasteiger partial charge in [-0.3, -0.25) is 14.4 Å². The SMILES string of the molecule is CCn1ccc(C(=O)N2CCN(Cc3c(Cl)cccc3Cl)CC2)n1. The highest BCUT2D eigenvalue weighted by Crippen LogP contribution is 2.26. The maximum Gasteiger partial charge on any atom is 0.274 e. The molecule has 0 aliphatic carbocycles. The number of carbonyl (C=O) groups excluding carboxylic acids is 1. The number of aromatic nitrogens is 2. The second kappa shape index (κ2) is 7.55. The molecule has 3 rings (SSSR count). The van der Waals surface area contributed by atoms with E-state index in [1.54, 1.807) is 10.7 Å². The number of carbonyl (C=O) groups is 1. The van der Waals surface area contributed by atoms with Crippen molar-refractivity contribution < 1.29 is 4.79 Å². The highest BCUT2D eigenvalue weighted by molar-refractivity contribution is 6.35. The van der Waals surface area contributed by atoms with E-state index in [2.05, 4.69) is 10.00 Å². The monoisotopic (exact) mass is 366 g/mol. The van der Waals surface area contributed by atoms with Gasteiger partial charge in [-0.2, -0.15) is 5.10 Å². The summed E-state index contributed by atoms with van der Waals surface area (Å²) in [6, 6.07) is 7.33. The Morgan fingerprint density at radius 3 is 2.38 bits per heavy atom. The van der Waals surface area contributed by atoms with Gasteiger partial charge >= 0.3 is 0 Å². The van der Waals surface area contributed by atoms with Crippen LogP contribution in [0.5, 0.6) is 0 Å². The summed E-state index contributed by atoms with van der Waals surface area (Å²) in [5.41, 5.74) is 1.46. The van der Waals surface area contributed by atoms with Crippen molar-refractivity contribution in [3.05, 3.63) is 51.8 Å². The molecule has 1 aromatic carbocycles. The number of hydrogen-bond donors (Lipinski definition) is 0. The molecule has 7 heteroatoms. The molecule has 1 aromatic heterocycles. The van der Waals surface area contributed by atoms with Gasteiger partial charge in [0, 0.05) is 61.1 Å². The zero-order chi connectivity index (χ0) is 17.1. The minimum Gasteiger partial charge on any atom is -0.335 e. The van der Waals surface area contributed by atoms with Gasteiger partial charge in [-0.15, -0.1) is 0 Å². The zero-order valence-corrected chi connectivity index (χ0v) is 15.1. The Bertz CT molecular complexity index is 703. The molecule has 1 fully saturated rings. The van der Waals surface area contributed by atoms with Gasteiger partial charge in [0.2, 0.25) is 0 Å². The Labute approximate surface area is 151 Å². The second-order valence-electron chi connectivity index (χ2n) is 5.83. The smallest absolute Gasteiger partial charge is 0.274 e. The fraction of sp³-hybridized carbons (Fsp3) is 0.412. The molecule has 0 unspecified atom stereocenters. The van der Waals surface area contributed by atoms with Crippen molar-refractivity contribution in [2.75, 3.05) is 26.2 Å². The molecule has 1 saturated heterocycles. The fourth-order valence-electron chi connectivity index (χ4n) is 2.83. The van der Waals surface area contributed by atoms with E-state index in [4.69, 9.17) is 23.2 Å². The molecule has 1 aliphatic rings. The molecule has 2 aromatic rings. The number of benzene rings is 1. The van der Waals surface area contributed by atoms with Crippen molar-refractivity contribution in [2.24, 2.45) is 0 Å². The van der Waals surface area contributed by atoms with E-state index in [1.807, 2.05) is 36.2 Å². The van der Waals surface area contributed by atoms with E-state index in [-0.39, 0.29) is 5.91 Å². The summed E-state index contributed by atoms with van der Waals surface area (Å²) >= 11 is 12.5. The van der Waals surface area contributed by atoms with E-state index in [9.17, 15) is 4.79 Å². The van der Waals surface area contributed by atoms with Crippen LogP contribution in [0.1, 0.15) is 23.0 Å². The summed E-state index contributed by atoms with van der Waals surface area (Å²) < 4.78 is 1.77. The van der Waals surface area contributed by atoms with Crippen LogP contribution >= 0.6 is 23.2 Å². The number of halogens is 2. The molecule has 2 heterocycles. The maximum atomic E-state index is 12.5. The van der Waals surface area contributed by atoms with Crippen molar-refractivity contribution in [1.29, 1.82) is 0 Å². The number of rotatable bonds is 4. The first-order chi connectivity index (χ1) is 11.6. The van der Waals surface area contributed by atoms with Crippen LogP contribution in [0.25, 0.3) is 0 Å². The molecule has 1 amide bonds. The first-order valence-corrected chi connectivity index (χ1v) is 8.82. The van der Waals surface area contributed by atoms with E-state index in [1.165, 1.54) is 0 Å². The quantitative estimate of drug-likeness (QED) is 0.834. The van der Waals surface area contributed by atoms with Crippen LogP contribution in [0.15, 0.2) is 30.5 Å². The Morgan fingerprint density at radius 1 is 1.12 bits per heavy atom. The third-order valence-corrected chi connectivity index (χ3v) is 4.99. The molecule has 0 saturated carbocycles. The van der Waals surface area contributed by atoms with Crippen molar-refractivity contribution in [3.8, 4) is 0 Å². The van der Waals surface area contributed by atoms with Gasteiger partial charge in [-0.1, -0.05) is 29.3 Å². The number of nitrogens with zero attached hydrogens (tertiary/aromatic N) is 4. The lowest BCUT2D eigenvalue weighted by molar-refractivity contribution is 0.0622. The molecule has 5 nitrogen and oxygen atoms in total. The van der Waals surface area contributed by atoms with Crippen LogP contribution in [0.3, 0.4) is 0 Å². The lowest BCUT2D eigenvalue weighted by atomic mass is 10.2. The van der Waals surface area contributed by atoms with Crippen LogP contribution in [0, 0.1) is 0 Å². The summed E-state index contributed by atoms with van der Waals surface area (Å²) in [5, 5.41) is 5.66. The fourth-order valence-corrected chi connectivity index (χ4v) is 3.35. The molecular formula is C17H20Cl2N4O. The summed E-state index contributed by atoms with van der Waals surface area (Å²) in [5.74, 6) is -0.00220. The normalized spacial score (nSPS) is 15.7. The van der Waals surface area contributed by atoms with Gasteiger partial charge in [0.05, 0.1) is 0 Å². The van der Waals surface area contributed by atoms with Gasteiger partial charge in [-0.25, -0.2) is 0 Å². The standard InChI is InChI=1S/C17H20Cl2N4O/c1-2-23-7-6-16(20-23)17(24)22-10-8-21(9-11-22)12-13-14(18)4-3-5-15(13)19/h3-7H,2,8-12H2,1H3. The van der Waals surface area contributed by atoms with Crippen LogP contribution in [-0.4, -0.2) is 51.7 Å². The molecule has 0 bridgehead atoms. The maximum absolute atomic E-state index is 12.5. The zero-order valence-electron chi connectivity index (χ0n) is 13.6. The topological polar surface area (TPSA) is 41.4 Å². The predicted molar refractivity (Wildman–Crippen MR) is 95.5 cm³/mol. The van der Waals surface area contributed by atoms with Crippen LogP contribution in [0.2, 0.25) is 10.0 Å². The highest BCUT2D eigenvalue weighted by Gasteiger charge is 2.24. The first kappa shape index (κ1) is 17.3. The van der Waals surface area contributed by atoms with E-state index >= 15 is 0 Å². The molecule has 128 valence electrons. The van der Waals surface area contributed by atoms with Crippen molar-refractivity contribution >= 4 is 29.1 Å². The Morgan fingerprint density at radius 2 is 1.79 bits per heavy atom. The van der Waals surface area contributed by atoms with E-state index < -0.39 is 0 Å². The van der Waals surface area contributed by atoms with Crippen molar-refractivity contribution in [1.82, 2.24) is 19.6 Å². The second-order valence-corrected chi connectivity index (χ2v) is 6.64. The Kier molecular flexibility index (Phi) is 5.43. The summed E-state index contributed by atoms with van der Waals surface area (Å²) in [6.07, 6.45) is 1.84. The minimum atomic E-state index is -0.00220. The summed E-state index contributed by atoms with van der Waals surface area (Å²) in [7, 11) is 0. The molecule has 0 spiro atoms. The van der Waals surface area contributed by atoms with Crippen LogP contribution in [-0.2, 0) is 13.1 Å². The van der Waals surface area contributed by atoms with Crippen molar-refractivity contribution in [2.45, 2.75) is 20.0 Å². The summed E-state index contributed by atoms with van der Waals surface area (Å²) in [6.45, 7) is 6.41. The van der Waals surface area contributed by atoms with Gasteiger partial charge in [0.1, 0.15) is 5.69 Å². The van der Waals surface area contributed by atoms with Crippen LogP contribution in [0.4, 0.5) is 0 Å². The van der Waals surface area contributed by atoms with Gasteiger partial charge in [-0.05, 0) is 25.1 Å². The number of aryl methyl sites for hydroxylation is 1. The summed E-state index contributed by atoms with van der Waals surface area (Å²) in [4.78, 5) is 16.6. The van der Waals surface area contributed by atoms with E-state index in [0.717, 1.165) is 25.2 Å².